The smallest absolute Gasteiger partial charge is 0.206 e. The van der Waals surface area contributed by atoms with Gasteiger partial charge in [0.2, 0.25) is 5.69 Å². The summed E-state index contributed by atoms with van der Waals surface area (Å²) in [5, 5.41) is 12.6. The van der Waals surface area contributed by atoms with Crippen molar-refractivity contribution < 1.29 is 14.0 Å². The molecule has 3 aromatic rings. The number of aryl methyl sites for hydroxylation is 1. The molecule has 0 saturated carbocycles. The number of benzene rings is 1. The summed E-state index contributed by atoms with van der Waals surface area (Å²) in [5.41, 5.74) is 4.62. The van der Waals surface area contributed by atoms with Gasteiger partial charge in [0.1, 0.15) is 5.75 Å². The van der Waals surface area contributed by atoms with Gasteiger partial charge in [0.25, 0.3) is 0 Å². The van der Waals surface area contributed by atoms with Crippen molar-refractivity contribution in [3.63, 3.8) is 0 Å². The summed E-state index contributed by atoms with van der Waals surface area (Å²) in [6.07, 6.45) is 7.70. The lowest BCUT2D eigenvalue weighted by molar-refractivity contribution is -0.613. The number of methoxy groups -OCH3 is 1. The second-order valence-electron chi connectivity index (χ2n) is 6.16. The van der Waals surface area contributed by atoms with Crippen molar-refractivity contribution in [2.24, 2.45) is 0 Å². The Bertz CT molecular complexity index is 950. The molecular weight excluding hydrogens is 338 g/mol. The molecule has 0 bridgehead atoms. The van der Waals surface area contributed by atoms with E-state index in [0.717, 1.165) is 26.9 Å². The predicted octanol–water partition coefficient (Wildman–Crippen LogP) is 3.64. The molecule has 3 rings (SSSR count). The Kier molecular flexibility index (Phi) is 4.38. The van der Waals surface area contributed by atoms with Crippen molar-refractivity contribution in [1.82, 2.24) is 9.97 Å². The molecule has 7 heteroatoms. The maximum atomic E-state index is 12.3. The number of aromatic nitrogens is 3. The van der Waals surface area contributed by atoms with E-state index < -0.39 is 10.3 Å². The van der Waals surface area contributed by atoms with Crippen molar-refractivity contribution in [1.29, 1.82) is 0 Å². The number of ether oxygens (including phenoxy) is 1. The van der Waals surface area contributed by atoms with Gasteiger partial charge in [-0.1, -0.05) is 10.3 Å². The fraction of sp³-hybridized carbons (Fsp3) is 0.278. The van der Waals surface area contributed by atoms with Gasteiger partial charge in [0, 0.05) is 23.4 Å². The quantitative estimate of drug-likeness (QED) is 0.550. The van der Waals surface area contributed by atoms with Crippen LogP contribution in [0, 0.1) is 32.2 Å². The minimum atomic E-state index is -2.80. The van der Waals surface area contributed by atoms with E-state index in [1.54, 1.807) is 25.3 Å². The number of hydrogen-bond acceptors (Lipinski definition) is 4. The third kappa shape index (κ3) is 3.17. The summed E-state index contributed by atoms with van der Waals surface area (Å²) in [6.45, 7) is 5.70. The largest absolute Gasteiger partial charge is 0.618 e. The first-order valence-electron chi connectivity index (χ1n) is 7.77. The molecule has 132 valence electrons. The highest BCUT2D eigenvalue weighted by Crippen LogP contribution is 2.52. The molecule has 0 aliphatic rings. The van der Waals surface area contributed by atoms with Gasteiger partial charge in [0.15, 0.2) is 11.4 Å². The van der Waals surface area contributed by atoms with Crippen LogP contribution in [-0.2, 0) is 5.75 Å². The Balaban J connectivity index is 2.01. The van der Waals surface area contributed by atoms with Crippen molar-refractivity contribution in [3.05, 3.63) is 58.2 Å². The van der Waals surface area contributed by atoms with Crippen LogP contribution < -0.4 is 9.47 Å². The molecule has 0 fully saturated rings. The average Bonchev–Trinajstić information content (AvgIpc) is 3.01. The summed E-state index contributed by atoms with van der Waals surface area (Å²) < 4.78 is 16.8. The van der Waals surface area contributed by atoms with E-state index in [1.165, 1.54) is 6.20 Å². The minimum absolute atomic E-state index is 0.0282. The van der Waals surface area contributed by atoms with Crippen molar-refractivity contribution >= 4 is 21.3 Å². The Labute approximate surface area is 148 Å². The molecule has 2 aromatic heterocycles. The molecule has 0 aliphatic heterocycles. The van der Waals surface area contributed by atoms with E-state index in [9.17, 15) is 9.76 Å². The van der Waals surface area contributed by atoms with Crippen molar-refractivity contribution in [2.75, 3.05) is 7.11 Å². The van der Waals surface area contributed by atoms with E-state index in [4.69, 9.17) is 11.0 Å². The van der Waals surface area contributed by atoms with Gasteiger partial charge in [0.05, 0.1) is 23.9 Å². The normalized spacial score (nSPS) is 15.1. The number of aromatic amines is 1. The monoisotopic (exact) mass is 359 g/mol. The zero-order valence-electron chi connectivity index (χ0n) is 14.7. The van der Waals surface area contributed by atoms with E-state index in [1.807, 2.05) is 20.8 Å². The number of hydrogen-bond donors (Lipinski definition) is 2. The number of fused-ring (bicyclic) bond motifs is 1. The summed E-state index contributed by atoms with van der Waals surface area (Å²) in [5.74, 6) is 0.709. The molecule has 2 heterocycles. The van der Waals surface area contributed by atoms with Gasteiger partial charge in [-0.2, -0.15) is 4.73 Å². The van der Waals surface area contributed by atoms with Gasteiger partial charge in [-0.15, -0.1) is 0 Å². The first kappa shape index (κ1) is 17.6. The van der Waals surface area contributed by atoms with E-state index in [-0.39, 0.29) is 10.9 Å². The van der Waals surface area contributed by atoms with E-state index >= 15 is 0 Å². The highest BCUT2D eigenvalue weighted by molar-refractivity contribution is 8.29. The molecule has 1 atom stereocenters. The van der Waals surface area contributed by atoms with E-state index in [0.29, 0.717) is 17.0 Å². The summed E-state index contributed by atoms with van der Waals surface area (Å²) >= 11 is 0. The number of nitrogens with one attached hydrogen (secondary N) is 1. The molecule has 6 nitrogen and oxygen atoms in total. The van der Waals surface area contributed by atoms with Gasteiger partial charge >= 0.3 is 0 Å². The average molecular weight is 359 g/mol. The van der Waals surface area contributed by atoms with Crippen LogP contribution in [0.4, 0.5) is 0 Å². The molecule has 2 radical (unpaired) electrons. The molecule has 1 aromatic carbocycles. The third-order valence-corrected chi connectivity index (χ3v) is 6.10. The number of H-pyrrole nitrogens is 1. The van der Waals surface area contributed by atoms with Gasteiger partial charge in [-0.3, -0.25) is 0 Å². The Morgan fingerprint density at radius 1 is 1.32 bits per heavy atom. The fourth-order valence-electron chi connectivity index (χ4n) is 2.74. The summed E-state index contributed by atoms with van der Waals surface area (Å²) in [6, 6.07) is 5.37. The SMILES string of the molecule is [CH]S(O)(Cc1c(C)c(C)c(C)c[n+]1[O-])c1nc2ccc(OC)cc2[nH]1. The first-order valence-corrected chi connectivity index (χ1v) is 9.59. The number of nitrogens with zero attached hydrogens (tertiary/aromatic N) is 2. The fourth-order valence-corrected chi connectivity index (χ4v) is 4.18. The Morgan fingerprint density at radius 2 is 2.04 bits per heavy atom. The maximum Gasteiger partial charge on any atom is 0.206 e. The third-order valence-electron chi connectivity index (χ3n) is 4.52. The van der Waals surface area contributed by atoms with Gasteiger partial charge in [-0.25, -0.2) is 4.98 Å². The van der Waals surface area contributed by atoms with Crippen LogP contribution in [0.15, 0.2) is 29.6 Å². The molecule has 0 saturated heterocycles. The molecule has 0 aliphatic carbocycles. The van der Waals surface area contributed by atoms with Crippen LogP contribution in [0.3, 0.4) is 0 Å². The molecule has 25 heavy (non-hydrogen) atoms. The second-order valence-corrected chi connectivity index (χ2v) is 8.34. The highest BCUT2D eigenvalue weighted by atomic mass is 32.3. The molecule has 0 spiro atoms. The highest BCUT2D eigenvalue weighted by Gasteiger charge is 2.28. The topological polar surface area (TPSA) is 85.1 Å². The number of pyridine rings is 1. The molecule has 2 N–H and O–H groups in total. The standard InChI is InChI=1S/C18H21N3O3S/c1-11-9-21(22)17(13(3)12(11)2)10-25(5,23)18-19-15-7-6-14(24-4)8-16(15)20-18/h5-9,23H,10H2,1-4H3,(H,19,20). The zero-order valence-corrected chi connectivity index (χ0v) is 15.5. The van der Waals surface area contributed by atoms with Crippen molar-refractivity contribution in [2.45, 2.75) is 31.7 Å². The van der Waals surface area contributed by atoms with Crippen LogP contribution in [0.25, 0.3) is 11.0 Å². The van der Waals surface area contributed by atoms with Crippen molar-refractivity contribution in [3.8, 4) is 5.75 Å². The van der Waals surface area contributed by atoms with Crippen LogP contribution >= 0.6 is 10.3 Å². The molecule has 0 amide bonds. The number of rotatable bonds is 4. The zero-order chi connectivity index (χ0) is 18.4. The van der Waals surface area contributed by atoms with E-state index in [2.05, 4.69) is 9.97 Å². The van der Waals surface area contributed by atoms with Crippen LogP contribution in [-0.4, -0.2) is 21.6 Å². The minimum Gasteiger partial charge on any atom is -0.618 e. The first-order chi connectivity index (χ1) is 11.7. The Morgan fingerprint density at radius 3 is 2.72 bits per heavy atom. The predicted molar refractivity (Wildman–Crippen MR) is 98.7 cm³/mol. The van der Waals surface area contributed by atoms with Crippen LogP contribution in [0.5, 0.6) is 5.75 Å². The second kappa shape index (κ2) is 6.24. The molecule has 1 unspecified atom stereocenters. The summed E-state index contributed by atoms with van der Waals surface area (Å²) in [4.78, 5) is 7.45. The van der Waals surface area contributed by atoms with Crippen LogP contribution in [0.2, 0.25) is 0 Å². The lowest BCUT2D eigenvalue weighted by atomic mass is 10.1. The molecular formula is C18H21N3O3S. The lowest BCUT2D eigenvalue weighted by Gasteiger charge is -2.26. The number of imidazole rings is 1. The lowest BCUT2D eigenvalue weighted by Crippen LogP contribution is -2.34. The van der Waals surface area contributed by atoms with Gasteiger partial charge < -0.3 is 19.5 Å². The summed E-state index contributed by atoms with van der Waals surface area (Å²) in [7, 11) is -1.22. The maximum absolute atomic E-state index is 12.3. The van der Waals surface area contributed by atoms with Crippen LogP contribution in [0.1, 0.15) is 22.4 Å². The van der Waals surface area contributed by atoms with Gasteiger partial charge in [-0.05, 0) is 38.5 Å². The Hall–Kier alpha value is -2.25.